The number of nitrogens with one attached hydrogen (secondary N) is 1. The second-order valence-corrected chi connectivity index (χ2v) is 7.64. The van der Waals surface area contributed by atoms with Gasteiger partial charge < -0.3 is 10.1 Å². The molecule has 0 spiro atoms. The molecule has 3 fully saturated rings. The third-order valence-electron chi connectivity index (χ3n) is 5.78. The van der Waals surface area contributed by atoms with Gasteiger partial charge in [-0.2, -0.15) is 0 Å². The third kappa shape index (κ3) is 3.02. The van der Waals surface area contributed by atoms with Crippen molar-refractivity contribution in [1.82, 2.24) is 15.2 Å². The largest absolute Gasteiger partial charge is 0.375 e. The van der Waals surface area contributed by atoms with Crippen LogP contribution in [-0.4, -0.2) is 53.7 Å². The summed E-state index contributed by atoms with van der Waals surface area (Å²) in [6, 6.07) is 10.5. The van der Waals surface area contributed by atoms with Crippen molar-refractivity contribution in [1.29, 1.82) is 0 Å². The molecule has 2 aliphatic heterocycles. The van der Waals surface area contributed by atoms with E-state index >= 15 is 0 Å². The zero-order valence-corrected chi connectivity index (χ0v) is 14.2. The molecule has 5 rings (SSSR count). The number of morpholine rings is 1. The predicted octanol–water partition coefficient (Wildman–Crippen LogP) is 2.22. The van der Waals surface area contributed by atoms with Crippen molar-refractivity contribution in [3.8, 4) is 0 Å². The molecule has 1 aromatic carbocycles. The van der Waals surface area contributed by atoms with Crippen molar-refractivity contribution >= 4 is 16.8 Å². The molecule has 5 nitrogen and oxygen atoms in total. The lowest BCUT2D eigenvalue weighted by Gasteiger charge is -2.35. The van der Waals surface area contributed by atoms with Crippen LogP contribution in [0, 0.1) is 5.92 Å². The highest BCUT2D eigenvalue weighted by Gasteiger charge is 2.42. The fraction of sp³-hybridized carbons (Fsp3) is 0.500. The Hall–Kier alpha value is -1.98. The molecule has 3 aliphatic rings. The number of amides is 1. The van der Waals surface area contributed by atoms with Gasteiger partial charge in [0.05, 0.1) is 23.8 Å². The van der Waals surface area contributed by atoms with E-state index in [-0.39, 0.29) is 11.9 Å². The van der Waals surface area contributed by atoms with Crippen LogP contribution in [0.4, 0.5) is 0 Å². The number of hydrogen-bond acceptors (Lipinski definition) is 4. The lowest BCUT2D eigenvalue weighted by Crippen LogP contribution is -2.47. The molecule has 0 radical (unpaired) electrons. The van der Waals surface area contributed by atoms with Crippen LogP contribution >= 0.6 is 0 Å². The number of carbonyl (C=O) groups excluding carboxylic acids is 1. The van der Waals surface area contributed by atoms with Crippen molar-refractivity contribution in [3.63, 3.8) is 0 Å². The smallest absolute Gasteiger partial charge is 0.253 e. The maximum absolute atomic E-state index is 12.6. The van der Waals surface area contributed by atoms with Gasteiger partial charge in [-0.05, 0) is 37.3 Å². The minimum absolute atomic E-state index is 0.0252. The van der Waals surface area contributed by atoms with Crippen molar-refractivity contribution < 1.29 is 9.53 Å². The number of para-hydroxylation sites is 1. The van der Waals surface area contributed by atoms with E-state index in [9.17, 15) is 4.79 Å². The number of aromatic nitrogens is 1. The molecule has 5 heteroatoms. The standard InChI is InChI=1S/C20H23N3O2/c24-20(15-7-14-3-1-2-4-18(14)21-9-15)22-16-8-17-12-25-19(13-5-6-13)11-23(17)10-16/h1-4,7,9,13,16-17,19H,5-6,8,10-12H2,(H,22,24)/t16-,17-,19+/m0/s1. The SMILES string of the molecule is O=C(N[C@H]1C[C@H]2CO[C@@H](C3CC3)CN2C1)c1cnc2ccccc2c1. The molecule has 1 saturated carbocycles. The summed E-state index contributed by atoms with van der Waals surface area (Å²) in [7, 11) is 0. The molecular weight excluding hydrogens is 314 g/mol. The van der Waals surface area contributed by atoms with E-state index in [1.165, 1.54) is 12.8 Å². The van der Waals surface area contributed by atoms with E-state index in [2.05, 4.69) is 15.2 Å². The third-order valence-corrected chi connectivity index (χ3v) is 5.78. The molecule has 1 amide bonds. The first-order chi connectivity index (χ1) is 12.3. The van der Waals surface area contributed by atoms with E-state index in [0.717, 1.165) is 42.9 Å². The van der Waals surface area contributed by atoms with Crippen LogP contribution in [0.25, 0.3) is 10.9 Å². The van der Waals surface area contributed by atoms with E-state index in [4.69, 9.17) is 4.74 Å². The summed E-state index contributed by atoms with van der Waals surface area (Å²) in [4.78, 5) is 19.5. The lowest BCUT2D eigenvalue weighted by atomic mass is 10.1. The second kappa shape index (κ2) is 6.07. The van der Waals surface area contributed by atoms with Gasteiger partial charge in [0.25, 0.3) is 5.91 Å². The molecule has 2 aromatic rings. The topological polar surface area (TPSA) is 54.5 Å². The molecule has 3 heterocycles. The van der Waals surface area contributed by atoms with Gasteiger partial charge >= 0.3 is 0 Å². The molecule has 3 atom stereocenters. The molecule has 1 aliphatic carbocycles. The van der Waals surface area contributed by atoms with Crippen LogP contribution in [0.1, 0.15) is 29.6 Å². The Morgan fingerprint density at radius 3 is 3.00 bits per heavy atom. The van der Waals surface area contributed by atoms with Crippen LogP contribution in [0.3, 0.4) is 0 Å². The van der Waals surface area contributed by atoms with Crippen molar-refractivity contribution in [2.45, 2.75) is 37.5 Å². The molecule has 1 aromatic heterocycles. The van der Waals surface area contributed by atoms with Gasteiger partial charge in [-0.3, -0.25) is 14.7 Å². The summed E-state index contributed by atoms with van der Waals surface area (Å²) in [5, 5.41) is 4.20. The van der Waals surface area contributed by atoms with Gasteiger partial charge in [0, 0.05) is 36.8 Å². The molecule has 130 valence electrons. The Morgan fingerprint density at radius 1 is 1.24 bits per heavy atom. The van der Waals surface area contributed by atoms with E-state index in [0.29, 0.717) is 17.7 Å². The van der Waals surface area contributed by atoms with Crippen LogP contribution in [0.2, 0.25) is 0 Å². The van der Waals surface area contributed by atoms with Crippen LogP contribution in [-0.2, 0) is 4.74 Å². The minimum atomic E-state index is -0.0252. The molecule has 0 unspecified atom stereocenters. The molecular formula is C20H23N3O2. The Morgan fingerprint density at radius 2 is 2.12 bits per heavy atom. The molecule has 2 saturated heterocycles. The molecule has 1 N–H and O–H groups in total. The molecule has 25 heavy (non-hydrogen) atoms. The van der Waals surface area contributed by atoms with Gasteiger partial charge in [0.2, 0.25) is 0 Å². The maximum atomic E-state index is 12.6. The number of nitrogens with zero attached hydrogens (tertiary/aromatic N) is 2. The maximum Gasteiger partial charge on any atom is 0.253 e. The lowest BCUT2D eigenvalue weighted by molar-refractivity contribution is -0.0581. The van der Waals surface area contributed by atoms with E-state index < -0.39 is 0 Å². The Labute approximate surface area is 147 Å². The number of fused-ring (bicyclic) bond motifs is 2. The predicted molar refractivity (Wildman–Crippen MR) is 95.4 cm³/mol. The quantitative estimate of drug-likeness (QED) is 0.933. The number of pyridine rings is 1. The fourth-order valence-electron chi connectivity index (χ4n) is 4.22. The number of carbonyl (C=O) groups is 1. The van der Waals surface area contributed by atoms with E-state index in [1.807, 2.05) is 30.3 Å². The summed E-state index contributed by atoms with van der Waals surface area (Å²) in [5.41, 5.74) is 1.55. The van der Waals surface area contributed by atoms with Crippen LogP contribution in [0.15, 0.2) is 36.5 Å². The van der Waals surface area contributed by atoms with Crippen LogP contribution < -0.4 is 5.32 Å². The summed E-state index contributed by atoms with van der Waals surface area (Å²) in [6.45, 7) is 2.77. The zero-order chi connectivity index (χ0) is 16.8. The van der Waals surface area contributed by atoms with E-state index in [1.54, 1.807) is 6.20 Å². The van der Waals surface area contributed by atoms with Gasteiger partial charge in [-0.15, -0.1) is 0 Å². The summed E-state index contributed by atoms with van der Waals surface area (Å²) >= 11 is 0. The Balaban J connectivity index is 1.25. The highest BCUT2D eigenvalue weighted by molar-refractivity contribution is 5.97. The summed E-state index contributed by atoms with van der Waals surface area (Å²) in [6.07, 6.45) is 5.70. The highest BCUT2D eigenvalue weighted by atomic mass is 16.5. The Bertz CT molecular complexity index is 804. The first-order valence-corrected chi connectivity index (χ1v) is 9.27. The highest BCUT2D eigenvalue weighted by Crippen LogP contribution is 2.37. The van der Waals surface area contributed by atoms with Crippen LogP contribution in [0.5, 0.6) is 0 Å². The van der Waals surface area contributed by atoms with Crippen molar-refractivity contribution in [2.24, 2.45) is 5.92 Å². The zero-order valence-electron chi connectivity index (χ0n) is 14.2. The minimum Gasteiger partial charge on any atom is -0.375 e. The monoisotopic (exact) mass is 337 g/mol. The van der Waals surface area contributed by atoms with Crippen molar-refractivity contribution in [2.75, 3.05) is 19.7 Å². The van der Waals surface area contributed by atoms with Crippen molar-refractivity contribution in [3.05, 3.63) is 42.1 Å². The van der Waals surface area contributed by atoms with Gasteiger partial charge in [0.15, 0.2) is 0 Å². The normalized spacial score (nSPS) is 29.5. The number of benzene rings is 1. The van der Waals surface area contributed by atoms with Gasteiger partial charge in [-0.25, -0.2) is 0 Å². The first kappa shape index (κ1) is 15.3. The van der Waals surface area contributed by atoms with Gasteiger partial charge in [-0.1, -0.05) is 18.2 Å². The Kier molecular flexibility index (Phi) is 3.71. The average molecular weight is 337 g/mol. The number of ether oxygens (including phenoxy) is 1. The first-order valence-electron chi connectivity index (χ1n) is 9.27. The van der Waals surface area contributed by atoms with Gasteiger partial charge in [0.1, 0.15) is 0 Å². The number of rotatable bonds is 3. The summed E-state index contributed by atoms with van der Waals surface area (Å²) in [5.74, 6) is 0.751. The molecule has 0 bridgehead atoms. The number of hydrogen-bond donors (Lipinski definition) is 1. The summed E-state index contributed by atoms with van der Waals surface area (Å²) < 4.78 is 6.04. The average Bonchev–Trinajstić information content (AvgIpc) is 3.41. The second-order valence-electron chi connectivity index (χ2n) is 7.64. The fourth-order valence-corrected chi connectivity index (χ4v) is 4.22.